The van der Waals surface area contributed by atoms with Crippen molar-refractivity contribution in [3.05, 3.63) is 0 Å². The average molecular weight is 371 g/mol. The van der Waals surface area contributed by atoms with Gasteiger partial charge in [-0.05, 0) is 38.5 Å². The number of nitrogens with zero attached hydrogens (tertiary/aromatic N) is 1. The second-order valence-corrected chi connectivity index (χ2v) is 7.84. The highest BCUT2D eigenvalue weighted by Gasteiger charge is 2.51. The predicted molar refractivity (Wildman–Crippen MR) is 94.4 cm³/mol. The Morgan fingerprint density at radius 1 is 1.12 bits per heavy atom. The molecule has 1 aliphatic carbocycles. The maximum absolute atomic E-state index is 12.7. The molecule has 140 valence electrons. The number of carbonyl (C=O) groups excluding carboxylic acids is 3. The molecule has 3 aliphatic heterocycles. The summed E-state index contributed by atoms with van der Waals surface area (Å²) in [6.07, 6.45) is 8.59. The van der Waals surface area contributed by atoms with E-state index in [-0.39, 0.29) is 36.8 Å². The van der Waals surface area contributed by atoms with E-state index in [1.54, 1.807) is 0 Å². The normalized spacial score (nSPS) is 33.1. The van der Waals surface area contributed by atoms with Crippen molar-refractivity contribution >= 4 is 30.3 Å². The van der Waals surface area contributed by atoms with Crippen molar-refractivity contribution in [1.82, 2.24) is 20.9 Å². The zero-order valence-corrected chi connectivity index (χ0v) is 15.2. The highest BCUT2D eigenvalue weighted by atomic mass is 35.5. The molecule has 7 nitrogen and oxygen atoms in total. The molecule has 0 radical (unpaired) electrons. The summed E-state index contributed by atoms with van der Waals surface area (Å²) in [5.41, 5.74) is -0.747. The lowest BCUT2D eigenvalue weighted by atomic mass is 9.82. The minimum Gasteiger partial charge on any atom is -0.352 e. The molecule has 2 atom stereocenters. The molecule has 0 aromatic carbocycles. The molecular weight excluding hydrogens is 344 g/mol. The topological polar surface area (TPSA) is 90.5 Å². The van der Waals surface area contributed by atoms with Crippen LogP contribution >= 0.6 is 12.4 Å². The largest absolute Gasteiger partial charge is 0.352 e. The van der Waals surface area contributed by atoms with E-state index in [0.717, 1.165) is 37.0 Å². The van der Waals surface area contributed by atoms with Crippen molar-refractivity contribution in [3.8, 4) is 0 Å². The molecule has 3 saturated heterocycles. The number of amides is 4. The zero-order valence-electron chi connectivity index (χ0n) is 14.4. The lowest BCUT2D eigenvalue weighted by Gasteiger charge is -2.31. The molecule has 4 fully saturated rings. The molecule has 25 heavy (non-hydrogen) atoms. The lowest BCUT2D eigenvalue weighted by molar-refractivity contribution is -0.136. The van der Waals surface area contributed by atoms with Gasteiger partial charge in [0.1, 0.15) is 12.1 Å². The number of piperidine rings is 1. The van der Waals surface area contributed by atoms with Gasteiger partial charge in [0.25, 0.3) is 5.91 Å². The first-order valence-corrected chi connectivity index (χ1v) is 9.25. The van der Waals surface area contributed by atoms with Crippen LogP contribution in [-0.4, -0.2) is 53.0 Å². The molecule has 3 N–H and O–H groups in total. The zero-order chi connectivity index (χ0) is 16.7. The number of nitrogens with one attached hydrogen (secondary N) is 3. The summed E-state index contributed by atoms with van der Waals surface area (Å²) in [7, 11) is 0. The summed E-state index contributed by atoms with van der Waals surface area (Å²) in [6, 6.07) is 0.732. The third kappa shape index (κ3) is 3.49. The Hall–Kier alpha value is -1.34. The summed E-state index contributed by atoms with van der Waals surface area (Å²) in [4.78, 5) is 38.4. The molecular formula is C17H27ClN4O3. The fraction of sp³-hybridized carbons (Fsp3) is 0.824. The molecule has 0 aromatic heterocycles. The first-order chi connectivity index (χ1) is 11.6. The molecule has 2 bridgehead atoms. The minimum absolute atomic E-state index is 0. The second-order valence-electron chi connectivity index (χ2n) is 7.84. The first-order valence-electron chi connectivity index (χ1n) is 9.25. The number of fused-ring (bicyclic) bond motifs is 2. The van der Waals surface area contributed by atoms with E-state index < -0.39 is 11.6 Å². The third-order valence-corrected chi connectivity index (χ3v) is 6.09. The van der Waals surface area contributed by atoms with Gasteiger partial charge in [-0.1, -0.05) is 19.3 Å². The SMILES string of the molecule is Cl.O=C(CN1C(=O)NC2(CCCCC2)C1=O)NC1CC2CCC(C1)N2. The van der Waals surface area contributed by atoms with E-state index in [1.165, 1.54) is 12.8 Å². The van der Waals surface area contributed by atoms with Crippen molar-refractivity contribution < 1.29 is 14.4 Å². The van der Waals surface area contributed by atoms with Gasteiger partial charge in [0.15, 0.2) is 0 Å². The number of hydrogen-bond donors (Lipinski definition) is 3. The van der Waals surface area contributed by atoms with Crippen molar-refractivity contribution in [3.63, 3.8) is 0 Å². The standard InChI is InChI=1S/C17H26N4O3.ClH/c22-14(19-13-8-11-4-5-12(9-13)18-11)10-21-15(23)17(20-16(21)24)6-2-1-3-7-17;/h11-13,18H,1-10H2,(H,19,22)(H,20,24);1H. The van der Waals surface area contributed by atoms with Gasteiger partial charge >= 0.3 is 6.03 Å². The maximum atomic E-state index is 12.7. The van der Waals surface area contributed by atoms with Crippen LogP contribution in [0.3, 0.4) is 0 Å². The van der Waals surface area contributed by atoms with Gasteiger partial charge < -0.3 is 16.0 Å². The van der Waals surface area contributed by atoms with Gasteiger partial charge in [-0.25, -0.2) is 4.79 Å². The smallest absolute Gasteiger partial charge is 0.325 e. The van der Waals surface area contributed by atoms with Crippen molar-refractivity contribution in [2.75, 3.05) is 6.54 Å². The van der Waals surface area contributed by atoms with E-state index in [4.69, 9.17) is 0 Å². The second kappa shape index (κ2) is 7.11. The van der Waals surface area contributed by atoms with Crippen molar-refractivity contribution in [2.45, 2.75) is 81.5 Å². The summed E-state index contributed by atoms with van der Waals surface area (Å²) in [5.74, 6) is -0.439. The predicted octanol–water partition coefficient (Wildman–Crippen LogP) is 1.06. The van der Waals surface area contributed by atoms with E-state index in [9.17, 15) is 14.4 Å². The highest BCUT2D eigenvalue weighted by Crippen LogP contribution is 2.33. The molecule has 4 rings (SSSR count). The number of rotatable bonds is 3. The number of urea groups is 1. The van der Waals surface area contributed by atoms with Crippen LogP contribution in [0.4, 0.5) is 4.79 Å². The quantitative estimate of drug-likeness (QED) is 0.648. The fourth-order valence-corrected chi connectivity index (χ4v) is 4.91. The molecule has 3 heterocycles. The number of hydrogen-bond acceptors (Lipinski definition) is 4. The highest BCUT2D eigenvalue weighted by molar-refractivity contribution is 6.09. The first kappa shape index (κ1) is 18.5. The monoisotopic (exact) mass is 370 g/mol. The molecule has 4 amide bonds. The Morgan fingerprint density at radius 3 is 2.40 bits per heavy atom. The summed E-state index contributed by atoms with van der Waals surface area (Å²) in [6.45, 7) is -0.161. The van der Waals surface area contributed by atoms with Crippen molar-refractivity contribution in [2.24, 2.45) is 0 Å². The molecule has 8 heteroatoms. The molecule has 0 aromatic rings. The van der Waals surface area contributed by atoms with Crippen LogP contribution in [0, 0.1) is 0 Å². The Bertz CT molecular complexity index is 552. The van der Waals surface area contributed by atoms with Crippen LogP contribution in [0.2, 0.25) is 0 Å². The molecule has 1 spiro atoms. The Labute approximate surface area is 154 Å². The molecule has 2 unspecified atom stereocenters. The van der Waals surface area contributed by atoms with Gasteiger partial charge in [0.05, 0.1) is 0 Å². The van der Waals surface area contributed by atoms with Crippen molar-refractivity contribution in [1.29, 1.82) is 0 Å². The number of imide groups is 1. The molecule has 1 saturated carbocycles. The Morgan fingerprint density at radius 2 is 1.76 bits per heavy atom. The van der Waals surface area contributed by atoms with Gasteiger partial charge in [0, 0.05) is 18.1 Å². The van der Waals surface area contributed by atoms with E-state index >= 15 is 0 Å². The number of halogens is 1. The van der Waals surface area contributed by atoms with Crippen LogP contribution in [0.5, 0.6) is 0 Å². The summed E-state index contributed by atoms with van der Waals surface area (Å²) < 4.78 is 0. The fourth-order valence-electron chi connectivity index (χ4n) is 4.91. The minimum atomic E-state index is -0.747. The maximum Gasteiger partial charge on any atom is 0.325 e. The Balaban J connectivity index is 0.00000182. The van der Waals surface area contributed by atoms with Gasteiger partial charge in [-0.3, -0.25) is 14.5 Å². The van der Waals surface area contributed by atoms with Crippen LogP contribution in [0.15, 0.2) is 0 Å². The summed E-state index contributed by atoms with van der Waals surface area (Å²) in [5, 5.41) is 9.42. The lowest BCUT2D eigenvalue weighted by Crippen LogP contribution is -2.51. The third-order valence-electron chi connectivity index (χ3n) is 6.09. The summed E-state index contributed by atoms with van der Waals surface area (Å²) >= 11 is 0. The number of carbonyl (C=O) groups is 3. The van der Waals surface area contributed by atoms with Crippen LogP contribution in [0.1, 0.15) is 57.8 Å². The average Bonchev–Trinajstić information content (AvgIpc) is 3.00. The van der Waals surface area contributed by atoms with E-state index in [0.29, 0.717) is 24.9 Å². The van der Waals surface area contributed by atoms with Gasteiger partial charge in [-0.15, -0.1) is 12.4 Å². The van der Waals surface area contributed by atoms with E-state index in [1.807, 2.05) is 0 Å². The Kier molecular flexibility index (Phi) is 5.25. The van der Waals surface area contributed by atoms with Crippen LogP contribution in [-0.2, 0) is 9.59 Å². The van der Waals surface area contributed by atoms with E-state index in [2.05, 4.69) is 16.0 Å². The van der Waals surface area contributed by atoms with Gasteiger partial charge in [-0.2, -0.15) is 0 Å². The van der Waals surface area contributed by atoms with Gasteiger partial charge in [0.2, 0.25) is 5.91 Å². The molecule has 4 aliphatic rings. The van der Waals surface area contributed by atoms with Crippen LogP contribution in [0.25, 0.3) is 0 Å². The van der Waals surface area contributed by atoms with Crippen LogP contribution < -0.4 is 16.0 Å².